The van der Waals surface area contributed by atoms with Crippen molar-refractivity contribution in [1.82, 2.24) is 9.62 Å². The van der Waals surface area contributed by atoms with E-state index in [-0.39, 0.29) is 18.4 Å². The minimum atomic E-state index is -3.02. The molecule has 17 heavy (non-hydrogen) atoms. The fourth-order valence-corrected chi connectivity index (χ4v) is 4.92. The Kier molecular flexibility index (Phi) is 5.70. The molecule has 1 N–H and O–H groups in total. The quantitative estimate of drug-likeness (QED) is 0.847. The lowest BCUT2D eigenvalue weighted by Gasteiger charge is -2.33. The van der Waals surface area contributed by atoms with Crippen molar-refractivity contribution in [2.45, 2.75) is 38.6 Å². The van der Waals surface area contributed by atoms with Crippen LogP contribution in [0.5, 0.6) is 0 Å². The van der Waals surface area contributed by atoms with E-state index in [9.17, 15) is 8.42 Å². The van der Waals surface area contributed by atoms with Gasteiger partial charge in [0.15, 0.2) is 0 Å². The molecule has 1 aliphatic heterocycles. The summed E-state index contributed by atoms with van der Waals surface area (Å²) in [5.74, 6) is 0.782. The Morgan fingerprint density at radius 2 is 1.94 bits per heavy atom. The SMILES string of the molecule is C[C@H]1CNCCN1S(=O)(=O)CC1CCCC1.Cl. The van der Waals surface area contributed by atoms with Crippen LogP contribution in [-0.4, -0.2) is 44.2 Å². The van der Waals surface area contributed by atoms with Gasteiger partial charge in [0.05, 0.1) is 5.75 Å². The maximum atomic E-state index is 12.3. The van der Waals surface area contributed by atoms with Crippen molar-refractivity contribution in [3.8, 4) is 0 Å². The molecule has 0 spiro atoms. The van der Waals surface area contributed by atoms with Gasteiger partial charge in [-0.15, -0.1) is 12.4 Å². The maximum absolute atomic E-state index is 12.3. The second-order valence-corrected chi connectivity index (χ2v) is 7.06. The average molecular weight is 283 g/mol. The number of hydrogen-bond acceptors (Lipinski definition) is 3. The standard InChI is InChI=1S/C11H22N2O2S.ClH/c1-10-8-12-6-7-13(10)16(14,15)9-11-4-2-3-5-11;/h10-12H,2-9H2,1H3;1H/t10-;/m0./s1. The van der Waals surface area contributed by atoms with Gasteiger partial charge in [-0.05, 0) is 25.7 Å². The summed E-state index contributed by atoms with van der Waals surface area (Å²) in [7, 11) is -3.02. The van der Waals surface area contributed by atoms with Crippen LogP contribution in [0.1, 0.15) is 32.6 Å². The highest BCUT2D eigenvalue weighted by atomic mass is 35.5. The van der Waals surface area contributed by atoms with Crippen LogP contribution < -0.4 is 5.32 Å². The Labute approximate surface area is 111 Å². The zero-order chi connectivity index (χ0) is 11.6. The van der Waals surface area contributed by atoms with E-state index in [1.165, 1.54) is 12.8 Å². The largest absolute Gasteiger partial charge is 0.314 e. The minimum Gasteiger partial charge on any atom is -0.314 e. The number of sulfonamides is 1. The van der Waals surface area contributed by atoms with Crippen molar-refractivity contribution < 1.29 is 8.42 Å². The molecule has 4 nitrogen and oxygen atoms in total. The van der Waals surface area contributed by atoms with Gasteiger partial charge >= 0.3 is 0 Å². The molecule has 102 valence electrons. The predicted molar refractivity (Wildman–Crippen MR) is 72.0 cm³/mol. The maximum Gasteiger partial charge on any atom is 0.214 e. The van der Waals surface area contributed by atoms with Gasteiger partial charge in [-0.25, -0.2) is 8.42 Å². The van der Waals surface area contributed by atoms with Crippen LogP contribution >= 0.6 is 12.4 Å². The average Bonchev–Trinajstić information content (AvgIpc) is 2.70. The van der Waals surface area contributed by atoms with Gasteiger partial charge in [0.2, 0.25) is 10.0 Å². The topological polar surface area (TPSA) is 49.4 Å². The highest BCUT2D eigenvalue weighted by molar-refractivity contribution is 7.89. The Morgan fingerprint density at radius 1 is 1.29 bits per heavy atom. The summed E-state index contributed by atoms with van der Waals surface area (Å²) in [4.78, 5) is 0. The van der Waals surface area contributed by atoms with E-state index in [0.717, 1.165) is 25.9 Å². The highest BCUT2D eigenvalue weighted by Crippen LogP contribution is 2.27. The molecule has 0 aromatic heterocycles. The van der Waals surface area contributed by atoms with Crippen molar-refractivity contribution in [1.29, 1.82) is 0 Å². The lowest BCUT2D eigenvalue weighted by Crippen LogP contribution is -2.53. The van der Waals surface area contributed by atoms with Crippen LogP contribution in [0.15, 0.2) is 0 Å². The zero-order valence-corrected chi connectivity index (χ0v) is 12.0. The summed E-state index contributed by atoms with van der Waals surface area (Å²) in [6.07, 6.45) is 4.61. The number of nitrogens with zero attached hydrogens (tertiary/aromatic N) is 1. The van der Waals surface area contributed by atoms with Crippen LogP contribution in [-0.2, 0) is 10.0 Å². The van der Waals surface area contributed by atoms with Gasteiger partial charge in [-0.2, -0.15) is 4.31 Å². The molecule has 6 heteroatoms. The smallest absolute Gasteiger partial charge is 0.214 e. The van der Waals surface area contributed by atoms with Crippen molar-refractivity contribution in [2.75, 3.05) is 25.4 Å². The molecule has 1 aliphatic carbocycles. The lowest BCUT2D eigenvalue weighted by molar-refractivity contribution is 0.282. The van der Waals surface area contributed by atoms with Crippen LogP contribution in [0.25, 0.3) is 0 Å². The molecule has 0 aromatic carbocycles. The zero-order valence-electron chi connectivity index (χ0n) is 10.4. The van der Waals surface area contributed by atoms with Gasteiger partial charge < -0.3 is 5.32 Å². The Bertz CT molecular complexity index is 328. The second kappa shape index (κ2) is 6.36. The number of piperazine rings is 1. The summed E-state index contributed by atoms with van der Waals surface area (Å²) in [5, 5.41) is 3.22. The van der Waals surface area contributed by atoms with Crippen molar-refractivity contribution >= 4 is 22.4 Å². The molecule has 1 heterocycles. The van der Waals surface area contributed by atoms with Crippen LogP contribution in [0.2, 0.25) is 0 Å². The molecular formula is C11H23ClN2O2S. The third-order valence-corrected chi connectivity index (χ3v) is 5.87. The third-order valence-electron chi connectivity index (χ3n) is 3.72. The first-order valence-electron chi connectivity index (χ1n) is 6.30. The fourth-order valence-electron chi connectivity index (χ4n) is 2.81. The molecule has 2 fully saturated rings. The van der Waals surface area contributed by atoms with Crippen molar-refractivity contribution in [3.05, 3.63) is 0 Å². The Balaban J connectivity index is 0.00000144. The summed E-state index contributed by atoms with van der Waals surface area (Å²) >= 11 is 0. The normalized spacial score (nSPS) is 27.9. The van der Waals surface area contributed by atoms with E-state index in [1.807, 2.05) is 6.92 Å². The summed E-state index contributed by atoms with van der Waals surface area (Å²) < 4.78 is 26.2. The van der Waals surface area contributed by atoms with E-state index in [4.69, 9.17) is 0 Å². The number of hydrogen-bond donors (Lipinski definition) is 1. The predicted octanol–water partition coefficient (Wildman–Crippen LogP) is 1.22. The summed E-state index contributed by atoms with van der Waals surface area (Å²) in [5.41, 5.74) is 0. The molecule has 2 rings (SSSR count). The van der Waals surface area contributed by atoms with Crippen LogP contribution in [0.3, 0.4) is 0 Å². The first-order valence-corrected chi connectivity index (χ1v) is 7.91. The number of nitrogens with one attached hydrogen (secondary N) is 1. The van der Waals surface area contributed by atoms with Gasteiger partial charge in [-0.1, -0.05) is 12.8 Å². The molecule has 0 unspecified atom stereocenters. The van der Waals surface area contributed by atoms with Crippen LogP contribution in [0, 0.1) is 5.92 Å². The molecule has 1 atom stereocenters. The first-order chi connectivity index (χ1) is 7.59. The molecule has 0 bridgehead atoms. The molecule has 0 radical (unpaired) electrons. The Morgan fingerprint density at radius 3 is 2.53 bits per heavy atom. The van der Waals surface area contributed by atoms with E-state index >= 15 is 0 Å². The minimum absolute atomic E-state index is 0. The highest BCUT2D eigenvalue weighted by Gasteiger charge is 2.32. The van der Waals surface area contributed by atoms with Crippen molar-refractivity contribution in [3.63, 3.8) is 0 Å². The molecule has 0 aromatic rings. The van der Waals surface area contributed by atoms with Crippen molar-refractivity contribution in [2.24, 2.45) is 5.92 Å². The molecule has 1 saturated heterocycles. The molecule has 1 saturated carbocycles. The fraction of sp³-hybridized carbons (Fsp3) is 1.00. The van der Waals surface area contributed by atoms with Gasteiger partial charge in [0.1, 0.15) is 0 Å². The van der Waals surface area contributed by atoms with Gasteiger partial charge in [0.25, 0.3) is 0 Å². The van der Waals surface area contributed by atoms with E-state index in [0.29, 0.717) is 18.2 Å². The Hall–Kier alpha value is 0.160. The second-order valence-electron chi connectivity index (χ2n) is 5.09. The van der Waals surface area contributed by atoms with E-state index in [1.54, 1.807) is 4.31 Å². The summed E-state index contributed by atoms with van der Waals surface area (Å²) in [6.45, 7) is 4.19. The molecular weight excluding hydrogens is 260 g/mol. The number of halogens is 1. The summed E-state index contributed by atoms with van der Waals surface area (Å²) in [6, 6.07) is 0.111. The third kappa shape index (κ3) is 3.81. The van der Waals surface area contributed by atoms with Gasteiger partial charge in [-0.3, -0.25) is 0 Å². The van der Waals surface area contributed by atoms with Crippen LogP contribution in [0.4, 0.5) is 0 Å². The lowest BCUT2D eigenvalue weighted by atomic mass is 10.1. The van der Waals surface area contributed by atoms with E-state index in [2.05, 4.69) is 5.32 Å². The van der Waals surface area contributed by atoms with E-state index < -0.39 is 10.0 Å². The van der Waals surface area contributed by atoms with Gasteiger partial charge in [0, 0.05) is 25.7 Å². The monoisotopic (exact) mass is 282 g/mol. The first kappa shape index (κ1) is 15.2. The molecule has 0 amide bonds. The molecule has 2 aliphatic rings. The number of rotatable bonds is 3.